The van der Waals surface area contributed by atoms with Crippen LogP contribution >= 0.6 is 11.8 Å². The lowest BCUT2D eigenvalue weighted by Crippen LogP contribution is -2.40. The van der Waals surface area contributed by atoms with Crippen LogP contribution in [0.15, 0.2) is 30.5 Å². The Hall–Kier alpha value is -1.82. The molecule has 1 N–H and O–H groups in total. The minimum Gasteiger partial charge on any atom is -0.377 e. The van der Waals surface area contributed by atoms with Crippen molar-refractivity contribution in [3.63, 3.8) is 0 Å². The zero-order valence-corrected chi connectivity index (χ0v) is 12.7. The maximum atomic E-state index is 11.3. The lowest BCUT2D eigenvalue weighted by Gasteiger charge is -2.40. The van der Waals surface area contributed by atoms with Crippen LogP contribution in [-0.2, 0) is 0 Å². The van der Waals surface area contributed by atoms with Gasteiger partial charge in [-0.05, 0) is 25.2 Å². The van der Waals surface area contributed by atoms with Gasteiger partial charge in [0, 0.05) is 16.7 Å². The van der Waals surface area contributed by atoms with Crippen LogP contribution < -0.4 is 5.32 Å². The first kappa shape index (κ1) is 14.1. The molecule has 1 heterocycles. The zero-order chi connectivity index (χ0) is 14.9. The minimum absolute atomic E-state index is 0.0456. The van der Waals surface area contributed by atoms with Crippen LogP contribution in [-0.4, -0.2) is 27.5 Å². The number of pyridine rings is 1. The van der Waals surface area contributed by atoms with E-state index in [4.69, 9.17) is 0 Å². The van der Waals surface area contributed by atoms with Gasteiger partial charge >= 0.3 is 5.69 Å². The van der Waals surface area contributed by atoms with E-state index < -0.39 is 0 Å². The van der Waals surface area contributed by atoms with Gasteiger partial charge in [-0.1, -0.05) is 24.6 Å². The maximum absolute atomic E-state index is 11.3. The molecule has 0 atom stereocenters. The molecule has 0 amide bonds. The number of nitrogens with zero attached hydrogens (tertiary/aromatic N) is 2. The Kier molecular flexibility index (Phi) is 3.71. The quantitative estimate of drug-likeness (QED) is 0.671. The number of hydrogen-bond acceptors (Lipinski definition) is 5. The number of aromatic nitrogens is 1. The Bertz CT molecular complexity index is 680. The van der Waals surface area contributed by atoms with Crippen LogP contribution in [0.25, 0.3) is 10.9 Å². The molecule has 0 bridgehead atoms. The number of benzene rings is 1. The van der Waals surface area contributed by atoms with E-state index in [1.807, 2.05) is 36.0 Å². The normalized spacial score (nSPS) is 16.4. The molecule has 0 spiro atoms. The molecule has 1 aliphatic carbocycles. The summed E-state index contributed by atoms with van der Waals surface area (Å²) in [5.74, 6) is 0. The molecular formula is C15H17N3O2S. The summed E-state index contributed by atoms with van der Waals surface area (Å²) in [6.45, 7) is 0.753. The van der Waals surface area contributed by atoms with E-state index in [0.29, 0.717) is 5.69 Å². The van der Waals surface area contributed by atoms with Crippen molar-refractivity contribution in [2.75, 3.05) is 18.1 Å². The maximum Gasteiger partial charge on any atom is 0.311 e. The average Bonchev–Trinajstić information content (AvgIpc) is 2.46. The van der Waals surface area contributed by atoms with Crippen molar-refractivity contribution in [1.82, 2.24) is 4.98 Å². The predicted octanol–water partition coefficient (Wildman–Crippen LogP) is 3.84. The second-order valence-electron chi connectivity index (χ2n) is 5.39. The summed E-state index contributed by atoms with van der Waals surface area (Å²) in [7, 11) is 0. The van der Waals surface area contributed by atoms with Gasteiger partial charge < -0.3 is 5.32 Å². The highest BCUT2D eigenvalue weighted by Crippen LogP contribution is 2.43. The molecule has 1 saturated carbocycles. The number of anilines is 1. The molecule has 110 valence electrons. The van der Waals surface area contributed by atoms with Crippen molar-refractivity contribution >= 4 is 34.0 Å². The van der Waals surface area contributed by atoms with E-state index >= 15 is 0 Å². The standard InChI is InChI=1S/C15H17N3O2S/c1-21-15(7-4-8-15)10-17-14-11-5-2-3-6-12(11)16-9-13(14)18(19)20/h2-3,5-6,9H,4,7-8,10H2,1H3,(H,16,17). The molecule has 1 aromatic heterocycles. The van der Waals surface area contributed by atoms with E-state index in [1.165, 1.54) is 12.6 Å². The van der Waals surface area contributed by atoms with Crippen molar-refractivity contribution in [3.8, 4) is 0 Å². The molecule has 6 heteroatoms. The Morgan fingerprint density at radius 2 is 2.19 bits per heavy atom. The molecule has 0 radical (unpaired) electrons. The Morgan fingerprint density at radius 3 is 2.81 bits per heavy atom. The van der Waals surface area contributed by atoms with Crippen molar-refractivity contribution in [2.45, 2.75) is 24.0 Å². The molecule has 0 saturated heterocycles. The highest BCUT2D eigenvalue weighted by Gasteiger charge is 2.36. The fraction of sp³-hybridized carbons (Fsp3) is 0.400. The summed E-state index contributed by atoms with van der Waals surface area (Å²) >= 11 is 1.85. The number of nitro groups is 1. The third-order valence-corrected chi connectivity index (χ3v) is 5.66. The van der Waals surface area contributed by atoms with Gasteiger partial charge in [0.05, 0.1) is 10.4 Å². The van der Waals surface area contributed by atoms with Gasteiger partial charge in [0.2, 0.25) is 0 Å². The third kappa shape index (κ3) is 2.55. The van der Waals surface area contributed by atoms with Crippen molar-refractivity contribution in [3.05, 3.63) is 40.6 Å². The van der Waals surface area contributed by atoms with Gasteiger partial charge in [-0.25, -0.2) is 4.98 Å². The fourth-order valence-corrected chi connectivity index (χ4v) is 3.64. The molecule has 0 unspecified atom stereocenters. The SMILES string of the molecule is CSC1(CNc2c([N+](=O)[O-])cnc3ccccc23)CCC1. The number of para-hydroxylation sites is 1. The van der Waals surface area contributed by atoms with Gasteiger partial charge in [-0.15, -0.1) is 0 Å². The Labute approximate surface area is 127 Å². The molecule has 5 nitrogen and oxygen atoms in total. The molecule has 2 aromatic rings. The van der Waals surface area contributed by atoms with E-state index in [2.05, 4.69) is 16.6 Å². The highest BCUT2D eigenvalue weighted by molar-refractivity contribution is 8.00. The van der Waals surface area contributed by atoms with Crippen LogP contribution in [0.3, 0.4) is 0 Å². The summed E-state index contributed by atoms with van der Waals surface area (Å²) in [6, 6.07) is 7.52. The van der Waals surface area contributed by atoms with Crippen molar-refractivity contribution in [2.24, 2.45) is 0 Å². The van der Waals surface area contributed by atoms with Crippen molar-refractivity contribution < 1.29 is 4.92 Å². The van der Waals surface area contributed by atoms with Gasteiger partial charge in [0.25, 0.3) is 0 Å². The first-order chi connectivity index (χ1) is 10.2. The van der Waals surface area contributed by atoms with Gasteiger partial charge in [0.1, 0.15) is 11.9 Å². The van der Waals surface area contributed by atoms with E-state index in [9.17, 15) is 10.1 Å². The monoisotopic (exact) mass is 303 g/mol. The van der Waals surface area contributed by atoms with Crippen LogP contribution in [0.1, 0.15) is 19.3 Å². The molecule has 0 aliphatic heterocycles. The van der Waals surface area contributed by atoms with Gasteiger partial charge in [-0.2, -0.15) is 11.8 Å². The first-order valence-corrected chi connectivity index (χ1v) is 8.19. The lowest BCUT2D eigenvalue weighted by molar-refractivity contribution is -0.384. The van der Waals surface area contributed by atoms with E-state index in [1.54, 1.807) is 0 Å². The second kappa shape index (κ2) is 5.52. The average molecular weight is 303 g/mol. The molecule has 21 heavy (non-hydrogen) atoms. The summed E-state index contributed by atoms with van der Waals surface area (Å²) in [4.78, 5) is 15.1. The zero-order valence-electron chi connectivity index (χ0n) is 11.8. The van der Waals surface area contributed by atoms with Crippen LogP contribution in [0, 0.1) is 10.1 Å². The molecule has 3 rings (SSSR count). The number of fused-ring (bicyclic) bond motifs is 1. The lowest BCUT2D eigenvalue weighted by atomic mass is 9.84. The van der Waals surface area contributed by atoms with E-state index in [0.717, 1.165) is 30.3 Å². The first-order valence-electron chi connectivity index (χ1n) is 6.96. The summed E-state index contributed by atoms with van der Waals surface area (Å²) in [5.41, 5.74) is 1.41. The molecule has 1 aliphatic rings. The number of rotatable bonds is 5. The molecule has 1 fully saturated rings. The smallest absolute Gasteiger partial charge is 0.311 e. The summed E-state index contributed by atoms with van der Waals surface area (Å²) < 4.78 is 0.220. The molecular weight excluding hydrogens is 286 g/mol. The number of thioether (sulfide) groups is 1. The predicted molar refractivity (Wildman–Crippen MR) is 87.0 cm³/mol. The minimum atomic E-state index is -0.367. The summed E-state index contributed by atoms with van der Waals surface area (Å²) in [6.07, 6.45) is 7.02. The van der Waals surface area contributed by atoms with Gasteiger partial charge in [-0.3, -0.25) is 10.1 Å². The van der Waals surface area contributed by atoms with Crippen LogP contribution in [0.2, 0.25) is 0 Å². The number of nitrogens with one attached hydrogen (secondary N) is 1. The highest BCUT2D eigenvalue weighted by atomic mass is 32.2. The third-order valence-electron chi connectivity index (χ3n) is 4.24. The van der Waals surface area contributed by atoms with Crippen molar-refractivity contribution in [1.29, 1.82) is 0 Å². The Balaban J connectivity index is 1.98. The Morgan fingerprint density at radius 1 is 1.43 bits per heavy atom. The fourth-order valence-electron chi connectivity index (χ4n) is 2.73. The largest absolute Gasteiger partial charge is 0.377 e. The number of hydrogen-bond donors (Lipinski definition) is 1. The van der Waals surface area contributed by atoms with E-state index in [-0.39, 0.29) is 15.4 Å². The van der Waals surface area contributed by atoms with Crippen LogP contribution in [0.5, 0.6) is 0 Å². The topological polar surface area (TPSA) is 68.1 Å². The summed E-state index contributed by atoms with van der Waals surface area (Å²) in [5, 5.41) is 15.4. The van der Waals surface area contributed by atoms with Crippen LogP contribution in [0.4, 0.5) is 11.4 Å². The molecule has 1 aromatic carbocycles. The van der Waals surface area contributed by atoms with Gasteiger partial charge in [0.15, 0.2) is 0 Å². The second-order valence-corrected chi connectivity index (χ2v) is 6.66.